The Balaban J connectivity index is 1.52. The zero-order chi connectivity index (χ0) is 16.1. The molecule has 120 valence electrons. The summed E-state index contributed by atoms with van der Waals surface area (Å²) in [7, 11) is 0. The number of ether oxygens (including phenoxy) is 1. The number of amides is 1. The fourth-order valence-corrected chi connectivity index (χ4v) is 3.14. The minimum atomic E-state index is -0.0614. The van der Waals surface area contributed by atoms with Crippen molar-refractivity contribution in [2.75, 3.05) is 13.2 Å². The Hall–Kier alpha value is -2.29. The highest BCUT2D eigenvalue weighted by molar-refractivity contribution is 5.77. The number of carbonyl (C=O) groups excluding carboxylic acids is 1. The molecule has 23 heavy (non-hydrogen) atoms. The molecule has 0 saturated heterocycles. The summed E-state index contributed by atoms with van der Waals surface area (Å²) in [6, 6.07) is 18.2. The van der Waals surface area contributed by atoms with Crippen molar-refractivity contribution in [3.05, 3.63) is 65.7 Å². The zero-order valence-corrected chi connectivity index (χ0v) is 13.5. The summed E-state index contributed by atoms with van der Waals surface area (Å²) >= 11 is 0. The molecule has 0 aromatic heterocycles. The average Bonchev–Trinajstić information content (AvgIpc) is 2.53. The van der Waals surface area contributed by atoms with Crippen LogP contribution in [0.4, 0.5) is 0 Å². The molecule has 0 aliphatic heterocycles. The van der Waals surface area contributed by atoms with Crippen LogP contribution >= 0.6 is 0 Å². The van der Waals surface area contributed by atoms with Gasteiger partial charge >= 0.3 is 0 Å². The number of carbonyl (C=O) groups is 1. The van der Waals surface area contributed by atoms with Gasteiger partial charge in [0.1, 0.15) is 5.75 Å². The van der Waals surface area contributed by atoms with Gasteiger partial charge < -0.3 is 10.1 Å². The molecule has 1 fully saturated rings. The smallest absolute Gasteiger partial charge is 0.257 e. The van der Waals surface area contributed by atoms with Gasteiger partial charge in [0, 0.05) is 12.0 Å². The Bertz CT molecular complexity index is 662. The van der Waals surface area contributed by atoms with Crippen molar-refractivity contribution in [3.63, 3.8) is 0 Å². The molecule has 1 aliphatic carbocycles. The van der Waals surface area contributed by atoms with E-state index in [1.165, 1.54) is 12.0 Å². The highest BCUT2D eigenvalue weighted by Crippen LogP contribution is 2.43. The van der Waals surface area contributed by atoms with E-state index in [2.05, 4.69) is 29.6 Å². The molecule has 3 rings (SSSR count). The van der Waals surface area contributed by atoms with Gasteiger partial charge in [-0.3, -0.25) is 4.79 Å². The molecule has 0 bridgehead atoms. The van der Waals surface area contributed by atoms with Gasteiger partial charge in [-0.25, -0.2) is 0 Å². The molecular formula is C20H23NO2. The van der Waals surface area contributed by atoms with Gasteiger partial charge in [-0.05, 0) is 43.0 Å². The molecule has 2 aromatic rings. The van der Waals surface area contributed by atoms with Gasteiger partial charge in [0.15, 0.2) is 6.61 Å². The quantitative estimate of drug-likeness (QED) is 0.885. The molecule has 1 saturated carbocycles. The van der Waals surface area contributed by atoms with Gasteiger partial charge in [-0.2, -0.15) is 0 Å². The highest BCUT2D eigenvalue weighted by Gasteiger charge is 2.38. The highest BCUT2D eigenvalue weighted by atomic mass is 16.5. The number of benzene rings is 2. The van der Waals surface area contributed by atoms with Crippen LogP contribution in [0.1, 0.15) is 30.4 Å². The standard InChI is InChI=1S/C20H23NO2/c1-16-7-5-10-18(13-16)23-14-19(22)21-15-20(11-6-12-20)17-8-3-2-4-9-17/h2-5,7-10,13H,6,11-12,14-15H2,1H3,(H,21,22). The molecule has 0 unspecified atom stereocenters. The van der Waals surface area contributed by atoms with E-state index in [1.54, 1.807) is 0 Å². The van der Waals surface area contributed by atoms with Gasteiger partial charge in [-0.1, -0.05) is 48.9 Å². The summed E-state index contributed by atoms with van der Waals surface area (Å²) < 4.78 is 5.56. The van der Waals surface area contributed by atoms with Crippen molar-refractivity contribution in [1.29, 1.82) is 0 Å². The second kappa shape index (κ2) is 6.86. The molecule has 3 nitrogen and oxygen atoms in total. The lowest BCUT2D eigenvalue weighted by Crippen LogP contribution is -2.46. The normalized spacial score (nSPS) is 15.5. The predicted molar refractivity (Wildman–Crippen MR) is 91.7 cm³/mol. The van der Waals surface area contributed by atoms with E-state index in [4.69, 9.17) is 4.74 Å². The Kier molecular flexibility index (Phi) is 4.65. The molecule has 0 radical (unpaired) electrons. The van der Waals surface area contributed by atoms with E-state index in [1.807, 2.05) is 37.3 Å². The zero-order valence-electron chi connectivity index (χ0n) is 13.5. The van der Waals surface area contributed by atoms with E-state index < -0.39 is 0 Å². The number of nitrogens with one attached hydrogen (secondary N) is 1. The topological polar surface area (TPSA) is 38.3 Å². The lowest BCUT2D eigenvalue weighted by atomic mass is 9.64. The van der Waals surface area contributed by atoms with Crippen LogP contribution in [-0.4, -0.2) is 19.1 Å². The first-order valence-corrected chi connectivity index (χ1v) is 8.20. The van der Waals surface area contributed by atoms with E-state index in [9.17, 15) is 4.79 Å². The number of hydrogen-bond donors (Lipinski definition) is 1. The maximum Gasteiger partial charge on any atom is 0.257 e. The molecular weight excluding hydrogens is 286 g/mol. The summed E-state index contributed by atoms with van der Waals surface area (Å²) in [4.78, 5) is 12.1. The SMILES string of the molecule is Cc1cccc(OCC(=O)NCC2(c3ccccc3)CCC2)c1. The third kappa shape index (κ3) is 3.73. The maximum absolute atomic E-state index is 12.1. The molecule has 0 heterocycles. The molecule has 3 heteroatoms. The second-order valence-electron chi connectivity index (χ2n) is 6.38. The lowest BCUT2D eigenvalue weighted by molar-refractivity contribution is -0.123. The van der Waals surface area contributed by atoms with E-state index in [-0.39, 0.29) is 17.9 Å². The number of hydrogen-bond acceptors (Lipinski definition) is 2. The lowest BCUT2D eigenvalue weighted by Gasteiger charge is -2.42. The summed E-state index contributed by atoms with van der Waals surface area (Å²) in [6.45, 7) is 2.76. The first-order chi connectivity index (χ1) is 11.2. The van der Waals surface area contributed by atoms with Crippen molar-refractivity contribution in [3.8, 4) is 5.75 Å². The summed E-state index contributed by atoms with van der Waals surface area (Å²) in [6.07, 6.45) is 3.50. The van der Waals surface area contributed by atoms with Gasteiger partial charge in [0.05, 0.1) is 0 Å². The van der Waals surface area contributed by atoms with Crippen molar-refractivity contribution in [1.82, 2.24) is 5.32 Å². The molecule has 1 N–H and O–H groups in total. The molecule has 2 aromatic carbocycles. The van der Waals surface area contributed by atoms with Gasteiger partial charge in [0.25, 0.3) is 5.91 Å². The van der Waals surface area contributed by atoms with Crippen LogP contribution in [0.3, 0.4) is 0 Å². The van der Waals surface area contributed by atoms with Crippen LogP contribution in [0.15, 0.2) is 54.6 Å². The van der Waals surface area contributed by atoms with Crippen LogP contribution in [0.25, 0.3) is 0 Å². The third-order valence-electron chi connectivity index (χ3n) is 4.68. The van der Waals surface area contributed by atoms with Crippen LogP contribution < -0.4 is 10.1 Å². The minimum Gasteiger partial charge on any atom is -0.484 e. The van der Waals surface area contributed by atoms with Crippen LogP contribution in [0, 0.1) is 6.92 Å². The van der Waals surface area contributed by atoms with Gasteiger partial charge in [0.2, 0.25) is 0 Å². The first kappa shape index (κ1) is 15.6. The molecule has 1 amide bonds. The Morgan fingerprint density at radius 3 is 2.57 bits per heavy atom. The number of aryl methyl sites for hydroxylation is 1. The van der Waals surface area contributed by atoms with E-state index in [0.717, 1.165) is 24.2 Å². The minimum absolute atomic E-state index is 0.0614. The van der Waals surface area contributed by atoms with Crippen molar-refractivity contribution < 1.29 is 9.53 Å². The Labute approximate surface area is 137 Å². The molecule has 0 atom stereocenters. The largest absolute Gasteiger partial charge is 0.484 e. The predicted octanol–water partition coefficient (Wildman–Crippen LogP) is 3.61. The van der Waals surface area contributed by atoms with Crippen molar-refractivity contribution >= 4 is 5.91 Å². The van der Waals surface area contributed by atoms with Crippen molar-refractivity contribution in [2.24, 2.45) is 0 Å². The van der Waals surface area contributed by atoms with E-state index in [0.29, 0.717) is 6.54 Å². The monoisotopic (exact) mass is 309 g/mol. The average molecular weight is 309 g/mol. The fourth-order valence-electron chi connectivity index (χ4n) is 3.14. The maximum atomic E-state index is 12.1. The first-order valence-electron chi connectivity index (χ1n) is 8.20. The summed E-state index contributed by atoms with van der Waals surface area (Å²) in [5, 5.41) is 3.04. The van der Waals surface area contributed by atoms with Crippen molar-refractivity contribution in [2.45, 2.75) is 31.6 Å². The number of rotatable bonds is 6. The summed E-state index contributed by atoms with van der Waals surface area (Å²) in [5.41, 5.74) is 2.56. The van der Waals surface area contributed by atoms with Crippen LogP contribution in [0.5, 0.6) is 5.75 Å². The van der Waals surface area contributed by atoms with E-state index >= 15 is 0 Å². The van der Waals surface area contributed by atoms with Gasteiger partial charge in [-0.15, -0.1) is 0 Å². The third-order valence-corrected chi connectivity index (χ3v) is 4.68. The van der Waals surface area contributed by atoms with Crippen LogP contribution in [0.2, 0.25) is 0 Å². The van der Waals surface area contributed by atoms with Crippen LogP contribution in [-0.2, 0) is 10.2 Å². The Morgan fingerprint density at radius 1 is 1.13 bits per heavy atom. The Morgan fingerprint density at radius 2 is 1.91 bits per heavy atom. The fraction of sp³-hybridized carbons (Fsp3) is 0.350. The second-order valence-corrected chi connectivity index (χ2v) is 6.38. The summed E-state index contributed by atoms with van der Waals surface area (Å²) in [5.74, 6) is 0.676. The molecule has 0 spiro atoms. The molecule has 1 aliphatic rings.